The van der Waals surface area contributed by atoms with Crippen LogP contribution < -0.4 is 5.73 Å². The van der Waals surface area contributed by atoms with Crippen LogP contribution in [0.15, 0.2) is 6.20 Å². The standard InChI is InChI=1S/C12H11F5N4/c1-2-6(18)7-4-21(20-19-7)3-5-8(13)10(15)12(17)11(16)9(5)14/h4,6H,2-3,18H2,1H3. The maximum atomic E-state index is 13.5. The van der Waals surface area contributed by atoms with E-state index >= 15 is 0 Å². The highest BCUT2D eigenvalue weighted by molar-refractivity contribution is 5.24. The van der Waals surface area contributed by atoms with Crippen molar-refractivity contribution in [3.8, 4) is 0 Å². The Labute approximate surface area is 116 Å². The summed E-state index contributed by atoms with van der Waals surface area (Å²) in [7, 11) is 0. The van der Waals surface area contributed by atoms with Gasteiger partial charge in [-0.3, -0.25) is 0 Å². The molecule has 0 aliphatic carbocycles. The van der Waals surface area contributed by atoms with Crippen LogP contribution in [-0.4, -0.2) is 15.0 Å². The fourth-order valence-electron chi connectivity index (χ4n) is 1.72. The van der Waals surface area contributed by atoms with Crippen molar-refractivity contribution in [3.63, 3.8) is 0 Å². The SMILES string of the molecule is CCC(N)c1cn(Cc2c(F)c(F)c(F)c(F)c2F)nn1. The molecular weight excluding hydrogens is 295 g/mol. The Morgan fingerprint density at radius 2 is 1.57 bits per heavy atom. The Balaban J connectivity index is 2.38. The molecule has 0 fully saturated rings. The fraction of sp³-hybridized carbons (Fsp3) is 0.333. The lowest BCUT2D eigenvalue weighted by molar-refractivity contribution is 0.366. The van der Waals surface area contributed by atoms with Crippen molar-refractivity contribution in [1.29, 1.82) is 0 Å². The number of hydrogen-bond donors (Lipinski definition) is 1. The van der Waals surface area contributed by atoms with Gasteiger partial charge in [0.25, 0.3) is 0 Å². The van der Waals surface area contributed by atoms with E-state index in [1.54, 1.807) is 6.92 Å². The smallest absolute Gasteiger partial charge is 0.200 e. The molecule has 0 saturated heterocycles. The van der Waals surface area contributed by atoms with Gasteiger partial charge in [-0.05, 0) is 6.42 Å². The summed E-state index contributed by atoms with van der Waals surface area (Å²) in [6.07, 6.45) is 1.85. The first-order valence-corrected chi connectivity index (χ1v) is 6.02. The van der Waals surface area contributed by atoms with Crippen molar-refractivity contribution >= 4 is 0 Å². The van der Waals surface area contributed by atoms with Gasteiger partial charge in [0.05, 0.1) is 30.0 Å². The van der Waals surface area contributed by atoms with Gasteiger partial charge in [-0.15, -0.1) is 5.10 Å². The molecule has 1 heterocycles. The number of benzene rings is 1. The topological polar surface area (TPSA) is 56.7 Å². The molecule has 0 amide bonds. The summed E-state index contributed by atoms with van der Waals surface area (Å²) in [4.78, 5) is 0. The first-order valence-electron chi connectivity index (χ1n) is 6.02. The van der Waals surface area contributed by atoms with Crippen LogP contribution in [0, 0.1) is 29.1 Å². The normalized spacial score (nSPS) is 12.7. The lowest BCUT2D eigenvalue weighted by atomic mass is 10.1. The first-order chi connectivity index (χ1) is 9.86. The van der Waals surface area contributed by atoms with E-state index in [4.69, 9.17) is 5.73 Å². The van der Waals surface area contributed by atoms with E-state index in [-0.39, 0.29) is 0 Å². The van der Waals surface area contributed by atoms with Crippen LogP contribution in [0.2, 0.25) is 0 Å². The van der Waals surface area contributed by atoms with Crippen LogP contribution in [0.4, 0.5) is 22.0 Å². The molecule has 0 radical (unpaired) electrons. The van der Waals surface area contributed by atoms with E-state index in [9.17, 15) is 22.0 Å². The van der Waals surface area contributed by atoms with Crippen molar-refractivity contribution in [2.45, 2.75) is 25.9 Å². The molecule has 0 spiro atoms. The van der Waals surface area contributed by atoms with Crippen LogP contribution in [0.1, 0.15) is 30.6 Å². The highest BCUT2D eigenvalue weighted by Crippen LogP contribution is 2.23. The van der Waals surface area contributed by atoms with Crippen molar-refractivity contribution in [3.05, 3.63) is 46.5 Å². The Bertz CT molecular complexity index is 641. The summed E-state index contributed by atoms with van der Waals surface area (Å²) < 4.78 is 67.0. The third-order valence-corrected chi connectivity index (χ3v) is 3.00. The summed E-state index contributed by atoms with van der Waals surface area (Å²) >= 11 is 0. The van der Waals surface area contributed by atoms with Crippen LogP contribution in [0.3, 0.4) is 0 Å². The minimum atomic E-state index is -2.19. The van der Waals surface area contributed by atoms with Gasteiger partial charge in [-0.2, -0.15) is 0 Å². The minimum absolute atomic E-state index is 0.362. The second kappa shape index (κ2) is 5.76. The van der Waals surface area contributed by atoms with E-state index in [2.05, 4.69) is 10.3 Å². The first kappa shape index (κ1) is 15.4. The van der Waals surface area contributed by atoms with Crippen LogP contribution in [0.25, 0.3) is 0 Å². The largest absolute Gasteiger partial charge is 0.323 e. The van der Waals surface area contributed by atoms with Gasteiger partial charge < -0.3 is 5.73 Å². The molecule has 0 aliphatic heterocycles. The molecule has 9 heteroatoms. The third kappa shape index (κ3) is 2.73. The fourth-order valence-corrected chi connectivity index (χ4v) is 1.72. The summed E-state index contributed by atoms with van der Waals surface area (Å²) in [6, 6.07) is -0.421. The van der Waals surface area contributed by atoms with Crippen molar-refractivity contribution in [2.24, 2.45) is 5.73 Å². The Morgan fingerprint density at radius 3 is 2.10 bits per heavy atom. The second-order valence-corrected chi connectivity index (χ2v) is 4.40. The van der Waals surface area contributed by atoms with Gasteiger partial charge in [0.2, 0.25) is 5.82 Å². The van der Waals surface area contributed by atoms with Gasteiger partial charge >= 0.3 is 0 Å². The molecule has 1 aromatic carbocycles. The quantitative estimate of drug-likeness (QED) is 0.536. The molecule has 1 unspecified atom stereocenters. The number of rotatable bonds is 4. The molecule has 4 nitrogen and oxygen atoms in total. The van der Waals surface area contributed by atoms with Crippen LogP contribution in [-0.2, 0) is 6.54 Å². The van der Waals surface area contributed by atoms with Gasteiger partial charge in [-0.1, -0.05) is 12.1 Å². The molecule has 2 aromatic rings. The number of nitrogens with zero attached hydrogens (tertiary/aromatic N) is 3. The van der Waals surface area contributed by atoms with Crippen LogP contribution >= 0.6 is 0 Å². The Morgan fingerprint density at radius 1 is 1.05 bits per heavy atom. The van der Waals surface area contributed by atoms with Gasteiger partial charge in [-0.25, -0.2) is 26.6 Å². The Kier molecular flexibility index (Phi) is 4.21. The van der Waals surface area contributed by atoms with Crippen molar-refractivity contribution in [2.75, 3.05) is 0 Å². The Hall–Kier alpha value is -2.03. The minimum Gasteiger partial charge on any atom is -0.323 e. The summed E-state index contributed by atoms with van der Waals surface area (Å²) in [5, 5.41) is 7.25. The molecule has 0 bridgehead atoms. The predicted molar refractivity (Wildman–Crippen MR) is 62.6 cm³/mol. The monoisotopic (exact) mass is 306 g/mol. The van der Waals surface area contributed by atoms with Crippen molar-refractivity contribution < 1.29 is 22.0 Å². The van der Waals surface area contributed by atoms with E-state index in [0.717, 1.165) is 4.68 Å². The average molecular weight is 306 g/mol. The molecule has 1 aromatic heterocycles. The zero-order chi connectivity index (χ0) is 15.7. The molecular formula is C12H11F5N4. The van der Waals surface area contributed by atoms with Gasteiger partial charge in [0.1, 0.15) is 0 Å². The molecule has 2 rings (SSSR count). The van der Waals surface area contributed by atoms with Crippen LogP contribution in [0.5, 0.6) is 0 Å². The maximum Gasteiger partial charge on any atom is 0.200 e. The second-order valence-electron chi connectivity index (χ2n) is 4.40. The molecule has 114 valence electrons. The van der Waals surface area contributed by atoms with E-state index < -0.39 is 47.2 Å². The predicted octanol–water partition coefficient (Wildman–Crippen LogP) is 2.43. The molecule has 0 saturated carbocycles. The van der Waals surface area contributed by atoms with Gasteiger partial charge in [0, 0.05) is 0 Å². The zero-order valence-electron chi connectivity index (χ0n) is 10.9. The van der Waals surface area contributed by atoms with Gasteiger partial charge in [0.15, 0.2) is 23.3 Å². The lowest BCUT2D eigenvalue weighted by Gasteiger charge is -2.07. The number of hydrogen-bond acceptors (Lipinski definition) is 3. The number of halogens is 5. The highest BCUT2D eigenvalue weighted by atomic mass is 19.2. The van der Waals surface area contributed by atoms with E-state index in [1.165, 1.54) is 6.20 Å². The molecule has 0 aliphatic rings. The summed E-state index contributed by atoms with van der Waals surface area (Å²) in [6.45, 7) is 1.16. The summed E-state index contributed by atoms with van der Waals surface area (Å²) in [5.41, 5.74) is 5.08. The third-order valence-electron chi connectivity index (χ3n) is 3.00. The van der Waals surface area contributed by atoms with E-state index in [0.29, 0.717) is 12.1 Å². The molecule has 2 N–H and O–H groups in total. The zero-order valence-corrected chi connectivity index (χ0v) is 10.9. The molecule has 1 atom stereocenters. The number of nitrogens with two attached hydrogens (primary N) is 1. The highest BCUT2D eigenvalue weighted by Gasteiger charge is 2.26. The summed E-state index contributed by atoms with van der Waals surface area (Å²) in [5.74, 6) is -9.95. The number of aromatic nitrogens is 3. The lowest BCUT2D eigenvalue weighted by Crippen LogP contribution is -2.11. The molecule has 21 heavy (non-hydrogen) atoms. The maximum absolute atomic E-state index is 13.5. The average Bonchev–Trinajstić information content (AvgIpc) is 2.95. The van der Waals surface area contributed by atoms with E-state index in [1.807, 2.05) is 0 Å². The van der Waals surface area contributed by atoms with Crippen molar-refractivity contribution in [1.82, 2.24) is 15.0 Å².